The Morgan fingerprint density at radius 3 is 2.64 bits per heavy atom. The van der Waals surface area contributed by atoms with Crippen molar-refractivity contribution >= 4 is 28.7 Å². The number of aliphatic hydroxyl groups excluding tert-OH is 2. The lowest BCUT2D eigenvalue weighted by molar-refractivity contribution is -0.415. The predicted octanol–water partition coefficient (Wildman–Crippen LogP) is 0.390. The molecule has 0 bridgehead atoms. The minimum Gasteiger partial charge on any atom is -0.482 e. The van der Waals surface area contributed by atoms with Crippen molar-refractivity contribution in [3.63, 3.8) is 0 Å². The molecule has 1 aromatic heterocycles. The molecule has 0 saturated carbocycles. The van der Waals surface area contributed by atoms with E-state index < -0.39 is 54.4 Å². The number of esters is 2. The van der Waals surface area contributed by atoms with Crippen molar-refractivity contribution in [3.05, 3.63) is 52.6 Å². The number of non-ortho nitro benzene ring substituents is 1. The summed E-state index contributed by atoms with van der Waals surface area (Å²) >= 11 is 0. The van der Waals surface area contributed by atoms with Gasteiger partial charge in [-0.3, -0.25) is 14.9 Å². The van der Waals surface area contributed by atoms with Crippen LogP contribution in [-0.2, 0) is 23.8 Å². The molecule has 36 heavy (non-hydrogen) atoms. The highest BCUT2D eigenvalue weighted by molar-refractivity contribution is 5.81. The molecule has 1 aliphatic heterocycles. The molecule has 14 nitrogen and oxygen atoms in total. The van der Waals surface area contributed by atoms with E-state index in [1.165, 1.54) is 30.3 Å². The number of imidazole rings is 1. The SMILES string of the molecule is CC(=O)O[C@@H]1[C@@H](O)[C@H](O)CO[C@]1(O)OC(=O)COc1ccc(-c2nc3ccc([N+](=O)[O-])cc3[nH]2)cc1. The number of nitro groups is 1. The average molecular weight is 503 g/mol. The molecule has 0 amide bonds. The van der Waals surface area contributed by atoms with Crippen molar-refractivity contribution in [2.24, 2.45) is 0 Å². The smallest absolute Gasteiger partial charge is 0.369 e. The standard InChI is InChI=1S/C22H21N3O11/c1-11(26)35-20-19(29)17(27)9-34-22(20,30)36-18(28)10-33-14-5-2-12(3-6-14)21-23-15-7-4-13(25(31)32)8-16(15)24-21/h2-8,17,19-20,27,29-30H,9-10H2,1H3,(H,23,24)/t17-,19+,20-,22+/m1/s1. The number of benzene rings is 2. The summed E-state index contributed by atoms with van der Waals surface area (Å²) in [5, 5.41) is 41.1. The monoisotopic (exact) mass is 503 g/mol. The Morgan fingerprint density at radius 2 is 1.97 bits per heavy atom. The van der Waals surface area contributed by atoms with E-state index in [9.17, 15) is 35.0 Å². The fourth-order valence-electron chi connectivity index (χ4n) is 3.51. The normalized spacial score (nSPS) is 23.7. The van der Waals surface area contributed by atoms with Gasteiger partial charge in [0.2, 0.25) is 6.10 Å². The zero-order valence-electron chi connectivity index (χ0n) is 18.7. The van der Waals surface area contributed by atoms with Gasteiger partial charge in [-0.2, -0.15) is 0 Å². The molecule has 0 radical (unpaired) electrons. The van der Waals surface area contributed by atoms with Gasteiger partial charge in [0.05, 0.1) is 22.6 Å². The maximum absolute atomic E-state index is 12.2. The number of ether oxygens (including phenoxy) is 4. The Morgan fingerprint density at radius 1 is 1.25 bits per heavy atom. The number of aliphatic hydroxyl groups is 3. The number of aromatic amines is 1. The number of hydrogen-bond donors (Lipinski definition) is 4. The largest absolute Gasteiger partial charge is 0.482 e. The quantitative estimate of drug-likeness (QED) is 0.150. The number of carbonyl (C=O) groups excluding carboxylic acids is 2. The Labute approximate surface area is 202 Å². The van der Waals surface area contributed by atoms with E-state index in [4.69, 9.17) is 18.9 Å². The zero-order chi connectivity index (χ0) is 26.0. The van der Waals surface area contributed by atoms with Crippen LogP contribution < -0.4 is 4.74 Å². The van der Waals surface area contributed by atoms with Gasteiger partial charge in [-0.1, -0.05) is 0 Å². The third kappa shape index (κ3) is 5.26. The Kier molecular flexibility index (Phi) is 6.85. The van der Waals surface area contributed by atoms with Gasteiger partial charge in [0, 0.05) is 24.6 Å². The lowest BCUT2D eigenvalue weighted by Gasteiger charge is -2.41. The first-order valence-corrected chi connectivity index (χ1v) is 10.5. The van der Waals surface area contributed by atoms with Gasteiger partial charge in [0.25, 0.3) is 5.69 Å². The van der Waals surface area contributed by atoms with Crippen LogP contribution in [0.1, 0.15) is 6.92 Å². The minimum absolute atomic E-state index is 0.0681. The maximum atomic E-state index is 12.2. The molecule has 1 fully saturated rings. The Bertz CT molecular complexity index is 1290. The lowest BCUT2D eigenvalue weighted by Crippen LogP contribution is -2.64. The highest BCUT2D eigenvalue weighted by atomic mass is 16.9. The van der Waals surface area contributed by atoms with Crippen molar-refractivity contribution in [1.29, 1.82) is 0 Å². The van der Waals surface area contributed by atoms with Gasteiger partial charge >= 0.3 is 17.9 Å². The van der Waals surface area contributed by atoms with Crippen LogP contribution in [-0.4, -0.2) is 79.6 Å². The van der Waals surface area contributed by atoms with E-state index in [-0.39, 0.29) is 11.4 Å². The number of rotatable bonds is 7. The van der Waals surface area contributed by atoms with E-state index in [1.807, 2.05) is 0 Å². The third-order valence-electron chi connectivity index (χ3n) is 5.24. The van der Waals surface area contributed by atoms with E-state index in [1.54, 1.807) is 12.1 Å². The van der Waals surface area contributed by atoms with Crippen LogP contribution >= 0.6 is 0 Å². The topological polar surface area (TPSA) is 204 Å². The molecule has 4 N–H and O–H groups in total. The van der Waals surface area contributed by atoms with Gasteiger partial charge in [-0.05, 0) is 30.3 Å². The summed E-state index contributed by atoms with van der Waals surface area (Å²) in [5.74, 6) is -4.13. The summed E-state index contributed by atoms with van der Waals surface area (Å²) < 4.78 is 19.9. The van der Waals surface area contributed by atoms with Gasteiger partial charge in [-0.15, -0.1) is 0 Å². The van der Waals surface area contributed by atoms with Crippen molar-refractivity contribution in [3.8, 4) is 17.1 Å². The number of carbonyl (C=O) groups is 2. The first-order valence-electron chi connectivity index (χ1n) is 10.5. The summed E-state index contributed by atoms with van der Waals surface area (Å²) in [6.07, 6.45) is -5.13. The number of hydrogen-bond acceptors (Lipinski definition) is 12. The van der Waals surface area contributed by atoms with E-state index in [0.29, 0.717) is 22.4 Å². The molecule has 0 unspecified atom stereocenters. The van der Waals surface area contributed by atoms with E-state index in [2.05, 4.69) is 9.97 Å². The van der Waals surface area contributed by atoms with Crippen molar-refractivity contribution in [2.45, 2.75) is 31.2 Å². The fraction of sp³-hybridized carbons (Fsp3) is 0.318. The molecule has 0 spiro atoms. The molecule has 1 saturated heterocycles. The number of H-pyrrole nitrogens is 1. The summed E-state index contributed by atoms with van der Waals surface area (Å²) in [5.41, 5.74) is 1.62. The van der Waals surface area contributed by atoms with Crippen LogP contribution in [0.2, 0.25) is 0 Å². The fourth-order valence-corrected chi connectivity index (χ4v) is 3.51. The molecule has 190 valence electrons. The van der Waals surface area contributed by atoms with Crippen molar-refractivity contribution in [1.82, 2.24) is 9.97 Å². The number of aromatic nitrogens is 2. The third-order valence-corrected chi connectivity index (χ3v) is 5.24. The first kappa shape index (κ1) is 25.0. The highest BCUT2D eigenvalue weighted by Crippen LogP contribution is 2.29. The number of nitro benzene ring substituents is 1. The van der Waals surface area contributed by atoms with Crippen LogP contribution in [0, 0.1) is 10.1 Å². The summed E-state index contributed by atoms with van der Waals surface area (Å²) in [4.78, 5) is 41.4. The van der Waals surface area contributed by atoms with Crippen LogP contribution in [0.25, 0.3) is 22.4 Å². The molecular weight excluding hydrogens is 482 g/mol. The van der Waals surface area contributed by atoms with Crippen LogP contribution in [0.15, 0.2) is 42.5 Å². The summed E-state index contributed by atoms with van der Waals surface area (Å²) in [6, 6.07) is 10.6. The van der Waals surface area contributed by atoms with Gasteiger partial charge in [0.15, 0.2) is 6.61 Å². The zero-order valence-corrected chi connectivity index (χ0v) is 18.7. The Balaban J connectivity index is 1.39. The predicted molar refractivity (Wildman–Crippen MR) is 118 cm³/mol. The second-order valence-electron chi connectivity index (χ2n) is 7.86. The molecule has 2 aromatic carbocycles. The van der Waals surface area contributed by atoms with Crippen LogP contribution in [0.4, 0.5) is 5.69 Å². The van der Waals surface area contributed by atoms with Gasteiger partial charge in [-0.25, -0.2) is 9.78 Å². The van der Waals surface area contributed by atoms with Crippen molar-refractivity contribution in [2.75, 3.05) is 13.2 Å². The molecule has 4 atom stereocenters. The average Bonchev–Trinajstić information content (AvgIpc) is 3.27. The van der Waals surface area contributed by atoms with Gasteiger partial charge in [0.1, 0.15) is 23.8 Å². The molecular formula is C22H21N3O11. The van der Waals surface area contributed by atoms with E-state index in [0.717, 1.165) is 6.92 Å². The molecule has 14 heteroatoms. The Hall–Kier alpha value is -4.11. The number of nitrogens with one attached hydrogen (secondary N) is 1. The number of fused-ring (bicyclic) bond motifs is 1. The summed E-state index contributed by atoms with van der Waals surface area (Å²) in [7, 11) is 0. The van der Waals surface area contributed by atoms with Gasteiger partial charge < -0.3 is 39.3 Å². The second kappa shape index (κ2) is 9.87. The van der Waals surface area contributed by atoms with Crippen molar-refractivity contribution < 1.29 is 48.8 Å². The van der Waals surface area contributed by atoms with Crippen LogP contribution in [0.5, 0.6) is 5.75 Å². The number of nitrogens with zero attached hydrogens (tertiary/aromatic N) is 2. The first-order chi connectivity index (χ1) is 17.1. The second-order valence-corrected chi connectivity index (χ2v) is 7.86. The maximum Gasteiger partial charge on any atom is 0.369 e. The lowest BCUT2D eigenvalue weighted by atomic mass is 10.0. The van der Waals surface area contributed by atoms with Crippen LogP contribution in [0.3, 0.4) is 0 Å². The molecule has 0 aliphatic carbocycles. The molecule has 2 heterocycles. The molecule has 3 aromatic rings. The minimum atomic E-state index is -2.83. The van der Waals surface area contributed by atoms with E-state index >= 15 is 0 Å². The molecule has 4 rings (SSSR count). The molecule has 1 aliphatic rings. The summed E-state index contributed by atoms with van der Waals surface area (Å²) in [6.45, 7) is -0.261. The highest BCUT2D eigenvalue weighted by Gasteiger charge is 2.55.